The molecule has 2 rings (SSSR count). The Hall–Kier alpha value is -2.25. The lowest BCUT2D eigenvalue weighted by molar-refractivity contribution is -0.387. The van der Waals surface area contributed by atoms with Gasteiger partial charge < -0.3 is 0 Å². The molecule has 2 aromatic rings. The lowest BCUT2D eigenvalue weighted by Crippen LogP contribution is -2.12. The third-order valence-corrected chi connectivity index (χ3v) is 4.30. The van der Waals surface area contributed by atoms with Gasteiger partial charge in [-0.2, -0.15) is 8.42 Å². The molecule has 0 saturated heterocycles. The van der Waals surface area contributed by atoms with E-state index in [-0.39, 0.29) is 0 Å². The second-order valence-electron chi connectivity index (χ2n) is 4.33. The molecule has 0 aliphatic carbocycles. The van der Waals surface area contributed by atoms with Crippen molar-refractivity contribution in [2.75, 3.05) is 0 Å². The van der Waals surface area contributed by atoms with E-state index in [4.69, 9.17) is 4.18 Å². The van der Waals surface area contributed by atoms with Crippen LogP contribution in [0.2, 0.25) is 0 Å². The first-order chi connectivity index (χ1) is 9.92. The Balaban J connectivity index is 2.34. The van der Waals surface area contributed by atoms with Crippen molar-refractivity contribution in [2.24, 2.45) is 0 Å². The van der Waals surface area contributed by atoms with Gasteiger partial charge in [-0.05, 0) is 18.6 Å². The number of rotatable bonds is 5. The first kappa shape index (κ1) is 15.1. The molecule has 0 N–H and O–H groups in total. The van der Waals surface area contributed by atoms with Crippen molar-refractivity contribution in [1.29, 1.82) is 0 Å². The van der Waals surface area contributed by atoms with Gasteiger partial charge in [0.1, 0.15) is 0 Å². The minimum Gasteiger partial charge on any atom is -0.258 e. The molecule has 0 aliphatic heterocycles. The molecule has 0 bridgehead atoms. The number of hydrogen-bond donors (Lipinski definition) is 0. The Morgan fingerprint density at radius 1 is 1.05 bits per heavy atom. The fraction of sp³-hybridized carbons (Fsp3) is 0.143. The van der Waals surface area contributed by atoms with Gasteiger partial charge in [0.15, 0.2) is 4.90 Å². The number of para-hydroxylation sites is 1. The summed E-state index contributed by atoms with van der Waals surface area (Å²) in [4.78, 5) is 9.72. The van der Waals surface area contributed by atoms with Crippen LogP contribution in [-0.4, -0.2) is 13.3 Å². The normalized spacial score (nSPS) is 12.8. The van der Waals surface area contributed by atoms with Crippen molar-refractivity contribution in [2.45, 2.75) is 17.9 Å². The van der Waals surface area contributed by atoms with E-state index < -0.39 is 31.7 Å². The van der Waals surface area contributed by atoms with Crippen LogP contribution in [-0.2, 0) is 14.3 Å². The van der Waals surface area contributed by atoms with Crippen molar-refractivity contribution in [1.82, 2.24) is 0 Å². The topological polar surface area (TPSA) is 86.5 Å². The standard InChI is InChI=1S/C14H13NO5S/c1-11(12-7-3-2-4-8-12)20-21(18,19)14-10-6-5-9-13(14)15(16)17/h2-11H,1H3. The highest BCUT2D eigenvalue weighted by Crippen LogP contribution is 2.28. The van der Waals surface area contributed by atoms with Gasteiger partial charge in [-0.3, -0.25) is 14.3 Å². The molecule has 0 heterocycles. The second kappa shape index (κ2) is 6.02. The maximum atomic E-state index is 12.2. The number of hydrogen-bond acceptors (Lipinski definition) is 5. The van der Waals surface area contributed by atoms with Crippen LogP contribution >= 0.6 is 0 Å². The maximum absolute atomic E-state index is 12.2. The summed E-state index contributed by atoms with van der Waals surface area (Å²) in [6, 6.07) is 13.9. The predicted octanol–water partition coefficient (Wildman–Crippen LogP) is 3.06. The summed E-state index contributed by atoms with van der Waals surface area (Å²) >= 11 is 0. The molecule has 0 saturated carbocycles. The predicted molar refractivity (Wildman–Crippen MR) is 76.2 cm³/mol. The van der Waals surface area contributed by atoms with Crippen LogP contribution in [0.4, 0.5) is 5.69 Å². The molecule has 2 aromatic carbocycles. The van der Waals surface area contributed by atoms with Gasteiger partial charge in [0.25, 0.3) is 5.69 Å². The van der Waals surface area contributed by atoms with E-state index in [1.807, 2.05) is 0 Å². The first-order valence-corrected chi connectivity index (χ1v) is 7.54. The van der Waals surface area contributed by atoms with E-state index in [0.29, 0.717) is 5.56 Å². The smallest absolute Gasteiger partial charge is 0.258 e. The molecule has 110 valence electrons. The Labute approximate surface area is 122 Å². The lowest BCUT2D eigenvalue weighted by atomic mass is 10.1. The fourth-order valence-corrected chi connectivity index (χ4v) is 3.08. The minimum absolute atomic E-state index is 0.446. The average molecular weight is 307 g/mol. The van der Waals surface area contributed by atoms with Crippen molar-refractivity contribution < 1.29 is 17.5 Å². The van der Waals surface area contributed by atoms with Crippen LogP contribution in [0.1, 0.15) is 18.6 Å². The second-order valence-corrected chi connectivity index (χ2v) is 5.87. The summed E-state index contributed by atoms with van der Waals surface area (Å²) < 4.78 is 29.5. The maximum Gasteiger partial charge on any atom is 0.304 e. The molecular weight excluding hydrogens is 294 g/mol. The van der Waals surface area contributed by atoms with Crippen LogP contribution in [0.3, 0.4) is 0 Å². The molecular formula is C14H13NO5S. The molecule has 1 unspecified atom stereocenters. The molecule has 0 radical (unpaired) electrons. The fourth-order valence-electron chi connectivity index (χ4n) is 1.84. The van der Waals surface area contributed by atoms with Crippen LogP contribution in [0.5, 0.6) is 0 Å². The molecule has 0 spiro atoms. The van der Waals surface area contributed by atoms with Crippen LogP contribution in [0, 0.1) is 10.1 Å². The summed E-state index contributed by atoms with van der Waals surface area (Å²) in [7, 11) is -4.23. The molecule has 1 atom stereocenters. The quantitative estimate of drug-likeness (QED) is 0.481. The molecule has 0 amide bonds. The van der Waals surface area contributed by atoms with Crippen LogP contribution < -0.4 is 0 Å². The third kappa shape index (κ3) is 3.45. The zero-order chi connectivity index (χ0) is 15.5. The third-order valence-electron chi connectivity index (χ3n) is 2.87. The zero-order valence-electron chi connectivity index (χ0n) is 11.2. The summed E-state index contributed by atoms with van der Waals surface area (Å²) in [6.45, 7) is 1.57. The highest BCUT2D eigenvalue weighted by Gasteiger charge is 2.28. The van der Waals surface area contributed by atoms with Gasteiger partial charge in [0, 0.05) is 6.07 Å². The minimum atomic E-state index is -4.23. The number of nitro groups is 1. The Morgan fingerprint density at radius 2 is 1.62 bits per heavy atom. The largest absolute Gasteiger partial charge is 0.304 e. The summed E-state index contributed by atoms with van der Waals surface area (Å²) in [5.41, 5.74) is 0.164. The number of nitrogens with zero attached hydrogens (tertiary/aromatic N) is 1. The summed E-state index contributed by atoms with van der Waals surface area (Å²) in [5.74, 6) is 0. The molecule has 6 nitrogen and oxygen atoms in total. The van der Waals surface area contributed by atoms with Gasteiger partial charge in [-0.15, -0.1) is 0 Å². The van der Waals surface area contributed by atoms with Gasteiger partial charge in [-0.1, -0.05) is 42.5 Å². The summed E-state index contributed by atoms with van der Waals surface area (Å²) in [5, 5.41) is 10.9. The van der Waals surface area contributed by atoms with E-state index in [1.165, 1.54) is 12.1 Å². The van der Waals surface area contributed by atoms with Crippen molar-refractivity contribution in [3.63, 3.8) is 0 Å². The summed E-state index contributed by atoms with van der Waals surface area (Å²) in [6.07, 6.45) is -0.740. The number of nitro benzene ring substituents is 1. The monoisotopic (exact) mass is 307 g/mol. The van der Waals surface area contributed by atoms with E-state index in [1.54, 1.807) is 37.3 Å². The van der Waals surface area contributed by atoms with Gasteiger partial charge >= 0.3 is 10.1 Å². The highest BCUT2D eigenvalue weighted by molar-refractivity contribution is 7.87. The molecule has 7 heteroatoms. The number of benzene rings is 2. The van der Waals surface area contributed by atoms with Crippen molar-refractivity contribution >= 4 is 15.8 Å². The van der Waals surface area contributed by atoms with Gasteiger partial charge in [0.2, 0.25) is 0 Å². The lowest BCUT2D eigenvalue weighted by Gasteiger charge is -2.13. The molecule has 0 fully saturated rings. The van der Waals surface area contributed by atoms with E-state index in [9.17, 15) is 18.5 Å². The van der Waals surface area contributed by atoms with E-state index >= 15 is 0 Å². The van der Waals surface area contributed by atoms with Gasteiger partial charge in [0.05, 0.1) is 11.0 Å². The van der Waals surface area contributed by atoms with Crippen LogP contribution in [0.15, 0.2) is 59.5 Å². The molecule has 21 heavy (non-hydrogen) atoms. The SMILES string of the molecule is CC(OS(=O)(=O)c1ccccc1[N+](=O)[O-])c1ccccc1. The van der Waals surface area contributed by atoms with Crippen molar-refractivity contribution in [3.05, 3.63) is 70.3 Å². The van der Waals surface area contributed by atoms with Crippen molar-refractivity contribution in [3.8, 4) is 0 Å². The van der Waals surface area contributed by atoms with Crippen LogP contribution in [0.25, 0.3) is 0 Å². The zero-order valence-corrected chi connectivity index (χ0v) is 12.0. The molecule has 0 aliphatic rings. The Bertz CT molecular complexity index is 743. The first-order valence-electron chi connectivity index (χ1n) is 6.13. The van der Waals surface area contributed by atoms with Gasteiger partial charge in [-0.25, -0.2) is 0 Å². The van der Waals surface area contributed by atoms with E-state index in [0.717, 1.165) is 12.1 Å². The average Bonchev–Trinajstić information content (AvgIpc) is 2.47. The Morgan fingerprint density at radius 3 is 2.24 bits per heavy atom. The van der Waals surface area contributed by atoms with E-state index in [2.05, 4.69) is 0 Å². The molecule has 0 aromatic heterocycles. The Kier molecular flexibility index (Phi) is 4.35. The highest BCUT2D eigenvalue weighted by atomic mass is 32.2.